The molecule has 3 rings (SSSR count). The van der Waals surface area contributed by atoms with Crippen molar-refractivity contribution in [2.75, 3.05) is 0 Å². The van der Waals surface area contributed by atoms with Gasteiger partial charge in [0.2, 0.25) is 0 Å². The number of hydrogen-bond donors (Lipinski definition) is 1. The van der Waals surface area contributed by atoms with E-state index in [9.17, 15) is 0 Å². The molecule has 0 saturated heterocycles. The van der Waals surface area contributed by atoms with Crippen LogP contribution in [0.4, 0.5) is 5.69 Å². The zero-order valence-electron chi connectivity index (χ0n) is 6.28. The number of imidazole rings is 1. The second-order valence-electron chi connectivity index (χ2n) is 2.80. The molecule has 1 aliphatic heterocycles. The average molecular weight is 158 g/mol. The van der Waals surface area contributed by atoms with E-state index in [4.69, 9.17) is 0 Å². The van der Waals surface area contributed by atoms with Crippen LogP contribution in [0, 0.1) is 0 Å². The van der Waals surface area contributed by atoms with Crippen molar-refractivity contribution < 1.29 is 0 Å². The molecule has 12 heavy (non-hydrogen) atoms. The molecule has 0 aliphatic carbocycles. The molecule has 4 nitrogen and oxygen atoms in total. The topological polar surface area (TPSA) is 53.4 Å². The van der Waals surface area contributed by atoms with E-state index in [1.54, 1.807) is 6.33 Å². The van der Waals surface area contributed by atoms with Crippen molar-refractivity contribution in [3.8, 4) is 0 Å². The summed E-state index contributed by atoms with van der Waals surface area (Å²) in [5.74, 6) is 0. The first kappa shape index (κ1) is 5.88. The van der Waals surface area contributed by atoms with Crippen LogP contribution in [0.5, 0.6) is 0 Å². The maximum Gasteiger partial charge on any atom is 0.0931 e. The number of hydrogen-bond acceptors (Lipinski definition) is 3. The summed E-state index contributed by atoms with van der Waals surface area (Å²) in [5, 5.41) is 7.94. The normalized spacial score (nSPS) is 14.0. The summed E-state index contributed by atoms with van der Waals surface area (Å²) in [7, 11) is 0. The number of nitrogens with one attached hydrogen (secondary N) is 1. The highest BCUT2D eigenvalue weighted by atomic mass is 15.1. The van der Waals surface area contributed by atoms with Crippen LogP contribution in [0.15, 0.2) is 28.7 Å². The fraction of sp³-hybridized carbons (Fsp3) is 0.125. The van der Waals surface area contributed by atoms with Gasteiger partial charge < -0.3 is 4.98 Å². The van der Waals surface area contributed by atoms with Crippen LogP contribution < -0.4 is 0 Å². The number of H-pyrrole nitrogens is 1. The minimum Gasteiger partial charge on any atom is -0.345 e. The SMILES string of the molecule is c1nc2cc3c(cc2[nH]1)CN=N3. The minimum absolute atomic E-state index is 0.699. The predicted molar refractivity (Wildman–Crippen MR) is 44.3 cm³/mol. The van der Waals surface area contributed by atoms with Crippen LogP contribution in [0.1, 0.15) is 5.56 Å². The van der Waals surface area contributed by atoms with Gasteiger partial charge in [-0.05, 0) is 12.1 Å². The second-order valence-corrected chi connectivity index (χ2v) is 2.80. The van der Waals surface area contributed by atoms with Gasteiger partial charge in [0.1, 0.15) is 0 Å². The van der Waals surface area contributed by atoms with Crippen LogP contribution in [0.3, 0.4) is 0 Å². The lowest BCUT2D eigenvalue weighted by Crippen LogP contribution is -1.76. The number of fused-ring (bicyclic) bond motifs is 2. The Morgan fingerprint density at radius 1 is 1.33 bits per heavy atom. The van der Waals surface area contributed by atoms with Crippen molar-refractivity contribution >= 4 is 16.7 Å². The summed E-state index contributed by atoms with van der Waals surface area (Å²) in [6.07, 6.45) is 1.69. The molecule has 0 radical (unpaired) electrons. The summed E-state index contributed by atoms with van der Waals surface area (Å²) in [4.78, 5) is 7.19. The van der Waals surface area contributed by atoms with E-state index in [1.807, 2.05) is 6.07 Å². The van der Waals surface area contributed by atoms with Crippen LogP contribution in [-0.2, 0) is 6.54 Å². The number of aromatic nitrogens is 2. The van der Waals surface area contributed by atoms with E-state index in [-0.39, 0.29) is 0 Å². The van der Waals surface area contributed by atoms with Crippen molar-refractivity contribution in [3.63, 3.8) is 0 Å². The first-order valence-corrected chi connectivity index (χ1v) is 3.77. The molecule has 0 amide bonds. The van der Waals surface area contributed by atoms with Crippen molar-refractivity contribution in [3.05, 3.63) is 24.0 Å². The molecule has 1 aromatic carbocycles. The smallest absolute Gasteiger partial charge is 0.0931 e. The summed E-state index contributed by atoms with van der Waals surface area (Å²) in [6, 6.07) is 4.01. The number of azo groups is 1. The van der Waals surface area contributed by atoms with Crippen LogP contribution in [0.25, 0.3) is 11.0 Å². The van der Waals surface area contributed by atoms with Gasteiger partial charge in [0.05, 0.1) is 29.6 Å². The molecule has 2 aromatic rings. The third kappa shape index (κ3) is 0.637. The lowest BCUT2D eigenvalue weighted by molar-refractivity contribution is 1.04. The van der Waals surface area contributed by atoms with Crippen LogP contribution >= 0.6 is 0 Å². The Balaban J connectivity index is 2.43. The molecule has 0 unspecified atom stereocenters. The molecule has 1 aromatic heterocycles. The molecule has 0 bridgehead atoms. The predicted octanol–water partition coefficient (Wildman–Crippen LogP) is 2.16. The van der Waals surface area contributed by atoms with Gasteiger partial charge in [-0.2, -0.15) is 10.2 Å². The molecule has 58 valence electrons. The Morgan fingerprint density at radius 3 is 3.33 bits per heavy atom. The van der Waals surface area contributed by atoms with E-state index < -0.39 is 0 Å². The van der Waals surface area contributed by atoms with E-state index in [0.29, 0.717) is 6.54 Å². The quantitative estimate of drug-likeness (QED) is 0.627. The Morgan fingerprint density at radius 2 is 2.33 bits per heavy atom. The molecule has 2 heterocycles. The van der Waals surface area contributed by atoms with E-state index in [2.05, 4.69) is 26.3 Å². The maximum atomic E-state index is 4.14. The Hall–Kier alpha value is -1.71. The highest BCUT2D eigenvalue weighted by molar-refractivity contribution is 5.80. The van der Waals surface area contributed by atoms with Gasteiger partial charge in [-0.3, -0.25) is 0 Å². The van der Waals surface area contributed by atoms with E-state index in [0.717, 1.165) is 16.7 Å². The Labute approximate surface area is 68.3 Å². The molecule has 0 fully saturated rings. The molecule has 0 atom stereocenters. The van der Waals surface area contributed by atoms with Gasteiger partial charge >= 0.3 is 0 Å². The summed E-state index contributed by atoms with van der Waals surface area (Å²) < 4.78 is 0. The van der Waals surface area contributed by atoms with Gasteiger partial charge in [-0.1, -0.05) is 0 Å². The molecular weight excluding hydrogens is 152 g/mol. The standard InChI is InChI=1S/C8H6N4/c1-5-3-11-12-6(5)2-8-7(1)9-4-10-8/h1-2,4H,3H2,(H,9,10). The molecular formula is C8H6N4. The average Bonchev–Trinajstić information content (AvgIpc) is 2.64. The Kier molecular flexibility index (Phi) is 0.935. The minimum atomic E-state index is 0.699. The number of rotatable bonds is 0. The van der Waals surface area contributed by atoms with E-state index in [1.165, 1.54) is 5.56 Å². The van der Waals surface area contributed by atoms with Crippen molar-refractivity contribution in [2.45, 2.75) is 6.54 Å². The summed E-state index contributed by atoms with van der Waals surface area (Å²) in [6.45, 7) is 0.699. The zero-order valence-corrected chi connectivity index (χ0v) is 6.28. The van der Waals surface area contributed by atoms with Gasteiger partial charge in [0, 0.05) is 5.56 Å². The second kappa shape index (κ2) is 1.91. The molecule has 1 aliphatic rings. The Bertz CT molecular complexity index is 469. The number of benzene rings is 1. The van der Waals surface area contributed by atoms with Crippen LogP contribution in [0.2, 0.25) is 0 Å². The zero-order chi connectivity index (χ0) is 7.97. The summed E-state index contributed by atoms with van der Waals surface area (Å²) >= 11 is 0. The molecule has 4 heteroatoms. The maximum absolute atomic E-state index is 4.14. The van der Waals surface area contributed by atoms with Crippen LogP contribution in [-0.4, -0.2) is 9.97 Å². The van der Waals surface area contributed by atoms with Crippen molar-refractivity contribution in [1.29, 1.82) is 0 Å². The molecule has 1 N–H and O–H groups in total. The first-order chi connectivity index (χ1) is 5.93. The van der Waals surface area contributed by atoms with Gasteiger partial charge in [0.15, 0.2) is 0 Å². The largest absolute Gasteiger partial charge is 0.345 e. The van der Waals surface area contributed by atoms with Crippen molar-refractivity contribution in [2.24, 2.45) is 10.2 Å². The lowest BCUT2D eigenvalue weighted by Gasteiger charge is -1.93. The third-order valence-corrected chi connectivity index (χ3v) is 2.04. The van der Waals surface area contributed by atoms with Gasteiger partial charge in [0.25, 0.3) is 0 Å². The molecule has 0 saturated carbocycles. The first-order valence-electron chi connectivity index (χ1n) is 3.77. The van der Waals surface area contributed by atoms with Gasteiger partial charge in [-0.25, -0.2) is 4.98 Å². The summed E-state index contributed by atoms with van der Waals surface area (Å²) in [5.41, 5.74) is 4.14. The fourth-order valence-electron chi connectivity index (χ4n) is 1.42. The third-order valence-electron chi connectivity index (χ3n) is 2.04. The highest BCUT2D eigenvalue weighted by Crippen LogP contribution is 2.29. The highest BCUT2D eigenvalue weighted by Gasteiger charge is 2.09. The number of aromatic amines is 1. The van der Waals surface area contributed by atoms with E-state index >= 15 is 0 Å². The number of nitrogens with zero attached hydrogens (tertiary/aromatic N) is 3. The fourth-order valence-corrected chi connectivity index (χ4v) is 1.42. The monoisotopic (exact) mass is 158 g/mol. The van der Waals surface area contributed by atoms with Crippen molar-refractivity contribution in [1.82, 2.24) is 9.97 Å². The van der Waals surface area contributed by atoms with Gasteiger partial charge in [-0.15, -0.1) is 0 Å². The lowest BCUT2D eigenvalue weighted by atomic mass is 10.2. The molecule has 0 spiro atoms.